The van der Waals surface area contributed by atoms with Gasteiger partial charge in [-0.2, -0.15) is 5.10 Å². The molecule has 1 N–H and O–H groups in total. The highest BCUT2D eigenvalue weighted by molar-refractivity contribution is 5.12. The van der Waals surface area contributed by atoms with E-state index in [0.29, 0.717) is 5.54 Å². The monoisotopic (exact) mass is 345 g/mol. The zero-order valence-electron chi connectivity index (χ0n) is 16.0. The van der Waals surface area contributed by atoms with Crippen LogP contribution in [-0.2, 0) is 19.6 Å². The number of nitrogens with one attached hydrogen (secondary N) is 1. The summed E-state index contributed by atoms with van der Waals surface area (Å²) < 4.78 is 2.20. The molecule has 5 heteroatoms. The van der Waals surface area contributed by atoms with Gasteiger partial charge >= 0.3 is 0 Å². The van der Waals surface area contributed by atoms with E-state index in [9.17, 15) is 0 Å². The van der Waals surface area contributed by atoms with Gasteiger partial charge in [0.1, 0.15) is 0 Å². The van der Waals surface area contributed by atoms with Gasteiger partial charge in [-0.25, -0.2) is 0 Å². The molecule has 0 spiro atoms. The molecule has 0 atom stereocenters. The number of hydrogen-bond acceptors (Lipinski definition) is 4. The van der Waals surface area contributed by atoms with E-state index in [2.05, 4.69) is 32.9 Å². The summed E-state index contributed by atoms with van der Waals surface area (Å²) >= 11 is 0. The Hall–Kier alpha value is -0.910. The first kappa shape index (κ1) is 17.5. The largest absolute Gasteiger partial charge is 0.309 e. The zero-order valence-corrected chi connectivity index (χ0v) is 16.0. The van der Waals surface area contributed by atoms with Crippen molar-refractivity contribution in [2.45, 2.75) is 76.5 Å². The van der Waals surface area contributed by atoms with Crippen molar-refractivity contribution in [1.29, 1.82) is 0 Å². The fraction of sp³-hybridized carbons (Fsp3) is 0.850. The van der Waals surface area contributed by atoms with E-state index in [-0.39, 0.29) is 0 Å². The molecule has 1 saturated carbocycles. The van der Waals surface area contributed by atoms with Gasteiger partial charge in [0.05, 0.1) is 17.9 Å². The Morgan fingerprint density at radius 2 is 1.84 bits per heavy atom. The normalized spacial score (nSPS) is 24.4. The highest BCUT2D eigenvalue weighted by Crippen LogP contribution is 2.36. The Labute approximate surface area is 152 Å². The molecule has 0 bridgehead atoms. The van der Waals surface area contributed by atoms with Crippen LogP contribution >= 0.6 is 0 Å². The molecule has 1 saturated heterocycles. The second-order valence-corrected chi connectivity index (χ2v) is 8.53. The number of likely N-dealkylation sites (N-methyl/N-ethyl adjacent to an activating group) is 1. The third-order valence-corrected chi connectivity index (χ3v) is 6.53. The summed E-state index contributed by atoms with van der Waals surface area (Å²) in [4.78, 5) is 5.40. The molecular formula is C20H35N5. The minimum atomic E-state index is 0.425. The van der Waals surface area contributed by atoms with Crippen LogP contribution in [0.2, 0.25) is 0 Å². The number of nitrogens with zero attached hydrogens (tertiary/aromatic N) is 4. The second kappa shape index (κ2) is 7.77. The average molecular weight is 346 g/mol. The van der Waals surface area contributed by atoms with Gasteiger partial charge in [-0.05, 0) is 51.9 Å². The van der Waals surface area contributed by atoms with Gasteiger partial charge in [0.2, 0.25) is 0 Å². The number of aromatic nitrogens is 2. The van der Waals surface area contributed by atoms with Crippen molar-refractivity contribution in [3.63, 3.8) is 0 Å². The van der Waals surface area contributed by atoms with Crippen LogP contribution in [0.25, 0.3) is 0 Å². The summed E-state index contributed by atoms with van der Waals surface area (Å²) in [6.07, 6.45) is 11.3. The van der Waals surface area contributed by atoms with Crippen LogP contribution in [0.3, 0.4) is 0 Å². The summed E-state index contributed by atoms with van der Waals surface area (Å²) in [5.74, 6) is 0. The summed E-state index contributed by atoms with van der Waals surface area (Å²) in [6, 6.07) is 2.30. The van der Waals surface area contributed by atoms with Gasteiger partial charge in [-0.1, -0.05) is 25.7 Å². The van der Waals surface area contributed by atoms with Crippen LogP contribution in [-0.4, -0.2) is 58.3 Å². The molecule has 0 unspecified atom stereocenters. The fourth-order valence-corrected chi connectivity index (χ4v) is 5.32. The van der Waals surface area contributed by atoms with E-state index in [1.807, 2.05) is 0 Å². The SMILES string of the molecule is CN(Cc1cc2n(n1)CCNC2)CC1(N2CCCCC2)CCCCC1. The summed E-state index contributed by atoms with van der Waals surface area (Å²) in [6.45, 7) is 7.84. The van der Waals surface area contributed by atoms with E-state index in [0.717, 1.165) is 26.2 Å². The third-order valence-electron chi connectivity index (χ3n) is 6.53. The quantitative estimate of drug-likeness (QED) is 0.890. The van der Waals surface area contributed by atoms with Crippen molar-refractivity contribution < 1.29 is 0 Å². The molecule has 2 aliphatic heterocycles. The summed E-state index contributed by atoms with van der Waals surface area (Å²) in [5, 5.41) is 8.28. The number of rotatable bonds is 5. The maximum absolute atomic E-state index is 4.84. The predicted molar refractivity (Wildman–Crippen MR) is 102 cm³/mol. The maximum atomic E-state index is 4.84. The van der Waals surface area contributed by atoms with Gasteiger partial charge in [-0.15, -0.1) is 0 Å². The molecule has 0 aromatic carbocycles. The van der Waals surface area contributed by atoms with E-state index < -0.39 is 0 Å². The molecule has 3 heterocycles. The lowest BCUT2D eigenvalue weighted by Gasteiger charge is -2.50. The first-order valence-corrected chi connectivity index (χ1v) is 10.5. The zero-order chi connectivity index (χ0) is 17.1. The van der Waals surface area contributed by atoms with Gasteiger partial charge in [0.25, 0.3) is 0 Å². The van der Waals surface area contributed by atoms with Crippen LogP contribution in [0.15, 0.2) is 6.07 Å². The van der Waals surface area contributed by atoms with Gasteiger partial charge in [0.15, 0.2) is 0 Å². The molecule has 3 aliphatic rings. The highest BCUT2D eigenvalue weighted by atomic mass is 15.3. The van der Waals surface area contributed by atoms with Crippen molar-refractivity contribution in [3.05, 3.63) is 17.5 Å². The van der Waals surface area contributed by atoms with Gasteiger partial charge in [-0.3, -0.25) is 14.5 Å². The Morgan fingerprint density at radius 1 is 1.08 bits per heavy atom. The molecule has 1 aromatic heterocycles. The molecule has 1 aromatic rings. The van der Waals surface area contributed by atoms with Crippen LogP contribution in [0, 0.1) is 0 Å². The lowest BCUT2D eigenvalue weighted by molar-refractivity contribution is 0.00763. The van der Waals surface area contributed by atoms with E-state index in [4.69, 9.17) is 5.10 Å². The first-order valence-electron chi connectivity index (χ1n) is 10.5. The van der Waals surface area contributed by atoms with E-state index >= 15 is 0 Å². The molecule has 0 amide bonds. The molecule has 25 heavy (non-hydrogen) atoms. The maximum Gasteiger partial charge on any atom is 0.0768 e. The van der Waals surface area contributed by atoms with Crippen LogP contribution in [0.1, 0.15) is 62.8 Å². The molecular weight excluding hydrogens is 310 g/mol. The number of piperidine rings is 1. The Kier molecular flexibility index (Phi) is 5.44. The standard InChI is InChI=1S/C20H35N5/c1-23(16-18-14-19-15-21-10-13-25(19)22-18)17-20(8-4-2-5-9-20)24-11-6-3-7-12-24/h14,21H,2-13,15-17H2,1H3. The van der Waals surface area contributed by atoms with Crippen molar-refractivity contribution in [2.24, 2.45) is 0 Å². The van der Waals surface area contributed by atoms with E-state index in [1.54, 1.807) is 0 Å². The smallest absolute Gasteiger partial charge is 0.0768 e. The van der Waals surface area contributed by atoms with Crippen LogP contribution in [0.4, 0.5) is 0 Å². The minimum absolute atomic E-state index is 0.425. The molecule has 5 nitrogen and oxygen atoms in total. The average Bonchev–Trinajstić information content (AvgIpc) is 3.05. The van der Waals surface area contributed by atoms with Crippen molar-refractivity contribution in [1.82, 2.24) is 24.9 Å². The number of fused-ring (bicyclic) bond motifs is 1. The van der Waals surface area contributed by atoms with E-state index in [1.165, 1.54) is 82.4 Å². The topological polar surface area (TPSA) is 36.3 Å². The predicted octanol–water partition coefficient (Wildman–Crippen LogP) is 2.61. The third kappa shape index (κ3) is 3.93. The second-order valence-electron chi connectivity index (χ2n) is 8.53. The van der Waals surface area contributed by atoms with Crippen molar-refractivity contribution >= 4 is 0 Å². The van der Waals surface area contributed by atoms with Crippen molar-refractivity contribution in [2.75, 3.05) is 33.2 Å². The lowest BCUT2D eigenvalue weighted by atomic mass is 9.78. The molecule has 1 aliphatic carbocycles. The van der Waals surface area contributed by atoms with Gasteiger partial charge in [0, 0.05) is 31.7 Å². The molecule has 2 fully saturated rings. The molecule has 140 valence electrons. The van der Waals surface area contributed by atoms with Crippen LogP contribution < -0.4 is 5.32 Å². The fourth-order valence-electron chi connectivity index (χ4n) is 5.32. The Balaban J connectivity index is 1.42. The van der Waals surface area contributed by atoms with Crippen molar-refractivity contribution in [3.8, 4) is 0 Å². The molecule has 4 rings (SSSR count). The Morgan fingerprint density at radius 3 is 2.60 bits per heavy atom. The molecule has 0 radical (unpaired) electrons. The summed E-state index contributed by atoms with van der Waals surface area (Å²) in [5.41, 5.74) is 3.01. The number of hydrogen-bond donors (Lipinski definition) is 1. The first-order chi connectivity index (χ1) is 12.3. The highest BCUT2D eigenvalue weighted by Gasteiger charge is 2.39. The lowest BCUT2D eigenvalue weighted by Crippen LogP contribution is -2.57. The van der Waals surface area contributed by atoms with Crippen LogP contribution in [0.5, 0.6) is 0 Å². The summed E-state index contributed by atoms with van der Waals surface area (Å²) in [7, 11) is 2.30. The minimum Gasteiger partial charge on any atom is -0.309 e. The van der Waals surface area contributed by atoms with Gasteiger partial charge < -0.3 is 5.32 Å². The number of likely N-dealkylation sites (tertiary alicyclic amines) is 1. The Bertz CT molecular complexity index is 531.